The Kier molecular flexibility index (Phi) is 2.83. The van der Waals surface area contributed by atoms with Crippen molar-refractivity contribution in [3.05, 3.63) is 24.0 Å². The summed E-state index contributed by atoms with van der Waals surface area (Å²) in [6.07, 6.45) is 4.66. The standard InChI is InChI=1S/C10H12BNO4/c1-15-9(13)10(2-3-10)7-4-8(16-11-14)6-12-5-7/h4-6,11,14H,2-3H2,1H3. The quantitative estimate of drug-likeness (QED) is 0.569. The lowest BCUT2D eigenvalue weighted by atomic mass is 9.98. The molecular formula is C10H12BNO4. The van der Waals surface area contributed by atoms with Gasteiger partial charge in [0.15, 0.2) is 0 Å². The molecule has 1 aliphatic rings. The van der Waals surface area contributed by atoms with Crippen molar-refractivity contribution in [2.75, 3.05) is 7.11 Å². The molecule has 5 nitrogen and oxygen atoms in total. The van der Waals surface area contributed by atoms with E-state index in [4.69, 9.17) is 14.4 Å². The first-order chi connectivity index (χ1) is 7.73. The second kappa shape index (κ2) is 4.13. The van der Waals surface area contributed by atoms with E-state index in [1.165, 1.54) is 13.3 Å². The molecule has 0 radical (unpaired) electrons. The smallest absolute Gasteiger partial charge is 0.504 e. The van der Waals surface area contributed by atoms with Gasteiger partial charge in [0.05, 0.1) is 18.7 Å². The lowest BCUT2D eigenvalue weighted by Gasteiger charge is -2.13. The highest BCUT2D eigenvalue weighted by molar-refractivity contribution is 6.17. The zero-order chi connectivity index (χ0) is 11.6. The molecule has 0 aromatic carbocycles. The van der Waals surface area contributed by atoms with Crippen LogP contribution in [0.2, 0.25) is 0 Å². The summed E-state index contributed by atoms with van der Waals surface area (Å²) in [5.41, 5.74) is 0.238. The molecule has 1 fully saturated rings. The van der Waals surface area contributed by atoms with E-state index in [-0.39, 0.29) is 5.97 Å². The van der Waals surface area contributed by atoms with E-state index >= 15 is 0 Å². The SMILES string of the molecule is COC(=O)C1(c2cncc(OBO)c2)CC1. The van der Waals surface area contributed by atoms with Gasteiger partial charge in [-0.1, -0.05) is 0 Å². The van der Waals surface area contributed by atoms with Crippen molar-refractivity contribution in [1.82, 2.24) is 4.98 Å². The van der Waals surface area contributed by atoms with Crippen molar-refractivity contribution >= 4 is 13.7 Å². The third-order valence-electron chi connectivity index (χ3n) is 2.82. The molecule has 1 heterocycles. The Morgan fingerprint density at radius 3 is 2.88 bits per heavy atom. The molecule has 0 spiro atoms. The molecule has 0 atom stereocenters. The van der Waals surface area contributed by atoms with Crippen LogP contribution in [0.25, 0.3) is 0 Å². The van der Waals surface area contributed by atoms with Gasteiger partial charge in [-0.05, 0) is 24.5 Å². The first-order valence-corrected chi connectivity index (χ1v) is 5.00. The van der Waals surface area contributed by atoms with Crippen LogP contribution >= 0.6 is 0 Å². The van der Waals surface area contributed by atoms with Crippen molar-refractivity contribution in [1.29, 1.82) is 0 Å². The highest BCUT2D eigenvalue weighted by Gasteiger charge is 2.52. The molecule has 0 unspecified atom stereocenters. The molecule has 16 heavy (non-hydrogen) atoms. The van der Waals surface area contributed by atoms with Gasteiger partial charge in [0.2, 0.25) is 0 Å². The first kappa shape index (κ1) is 10.9. The van der Waals surface area contributed by atoms with Crippen molar-refractivity contribution in [2.45, 2.75) is 18.3 Å². The van der Waals surface area contributed by atoms with Crippen LogP contribution in [0.5, 0.6) is 5.75 Å². The van der Waals surface area contributed by atoms with E-state index in [2.05, 4.69) is 4.98 Å². The van der Waals surface area contributed by atoms with Crippen LogP contribution in [-0.4, -0.2) is 30.8 Å². The molecule has 2 rings (SSSR count). The van der Waals surface area contributed by atoms with E-state index in [9.17, 15) is 4.79 Å². The normalized spacial score (nSPS) is 16.4. The zero-order valence-corrected chi connectivity index (χ0v) is 8.97. The third-order valence-corrected chi connectivity index (χ3v) is 2.82. The van der Waals surface area contributed by atoms with E-state index in [1.54, 1.807) is 12.3 Å². The minimum absolute atomic E-state index is 0.240. The van der Waals surface area contributed by atoms with Gasteiger partial charge in [-0.2, -0.15) is 0 Å². The lowest BCUT2D eigenvalue weighted by Crippen LogP contribution is -2.22. The maximum absolute atomic E-state index is 11.6. The van der Waals surface area contributed by atoms with Crippen LogP contribution in [0.15, 0.2) is 18.5 Å². The van der Waals surface area contributed by atoms with E-state index in [1.807, 2.05) is 0 Å². The number of hydrogen-bond acceptors (Lipinski definition) is 5. The molecule has 1 saturated carbocycles. The number of carbonyl (C=O) groups excluding carboxylic acids is 1. The number of carbonyl (C=O) groups is 1. The summed E-state index contributed by atoms with van der Waals surface area (Å²) in [5, 5.41) is 8.64. The topological polar surface area (TPSA) is 68.7 Å². The van der Waals surface area contributed by atoms with Crippen LogP contribution in [-0.2, 0) is 14.9 Å². The number of esters is 1. The van der Waals surface area contributed by atoms with Gasteiger partial charge < -0.3 is 14.4 Å². The van der Waals surface area contributed by atoms with Crippen molar-refractivity contribution in [2.24, 2.45) is 0 Å². The van der Waals surface area contributed by atoms with Gasteiger partial charge in [-0.15, -0.1) is 0 Å². The number of ether oxygens (including phenoxy) is 1. The van der Waals surface area contributed by atoms with Crippen molar-refractivity contribution < 1.29 is 19.2 Å². The maximum atomic E-state index is 11.6. The van der Waals surface area contributed by atoms with Crippen molar-refractivity contribution in [3.63, 3.8) is 0 Å². The molecule has 0 bridgehead atoms. The molecule has 1 N–H and O–H groups in total. The van der Waals surface area contributed by atoms with Gasteiger partial charge in [0.1, 0.15) is 5.75 Å². The molecule has 0 aliphatic heterocycles. The van der Waals surface area contributed by atoms with Crippen LogP contribution in [0.4, 0.5) is 0 Å². The van der Waals surface area contributed by atoms with Gasteiger partial charge in [0.25, 0.3) is 0 Å². The zero-order valence-electron chi connectivity index (χ0n) is 8.97. The van der Waals surface area contributed by atoms with Crippen molar-refractivity contribution in [3.8, 4) is 5.75 Å². The second-order valence-corrected chi connectivity index (χ2v) is 3.76. The van der Waals surface area contributed by atoms with Gasteiger partial charge in [0, 0.05) is 6.20 Å². The minimum atomic E-state index is -0.545. The number of hydrogen-bond donors (Lipinski definition) is 1. The third kappa shape index (κ3) is 1.76. The van der Waals surface area contributed by atoms with Gasteiger partial charge in [-0.3, -0.25) is 9.78 Å². The molecule has 0 amide bonds. The Hall–Kier alpha value is -1.56. The average Bonchev–Trinajstić information content (AvgIpc) is 3.10. The van der Waals surface area contributed by atoms with E-state index in [0.29, 0.717) is 5.75 Å². The summed E-state index contributed by atoms with van der Waals surface area (Å²) < 4.78 is 9.70. The molecule has 1 aromatic rings. The summed E-state index contributed by atoms with van der Waals surface area (Å²) in [7, 11) is 0.972. The average molecular weight is 221 g/mol. The second-order valence-electron chi connectivity index (χ2n) is 3.76. The molecule has 6 heteroatoms. The summed E-state index contributed by atoms with van der Waals surface area (Å²) in [6, 6.07) is 1.72. The fourth-order valence-electron chi connectivity index (χ4n) is 1.77. The van der Waals surface area contributed by atoms with Crippen LogP contribution < -0.4 is 4.65 Å². The van der Waals surface area contributed by atoms with Gasteiger partial charge in [-0.25, -0.2) is 0 Å². The highest BCUT2D eigenvalue weighted by atomic mass is 16.5. The largest absolute Gasteiger partial charge is 0.538 e. The summed E-state index contributed by atoms with van der Waals surface area (Å²) in [4.78, 5) is 15.6. The Bertz CT molecular complexity index is 406. The fourth-order valence-corrected chi connectivity index (χ4v) is 1.77. The Morgan fingerprint density at radius 2 is 2.31 bits per heavy atom. The Morgan fingerprint density at radius 1 is 1.56 bits per heavy atom. The number of nitrogens with zero attached hydrogens (tertiary/aromatic N) is 1. The Balaban J connectivity index is 2.27. The van der Waals surface area contributed by atoms with E-state index < -0.39 is 13.1 Å². The molecule has 1 aromatic heterocycles. The van der Waals surface area contributed by atoms with Crippen LogP contribution in [0.1, 0.15) is 18.4 Å². The predicted octanol–water partition coefficient (Wildman–Crippen LogP) is -0.0762. The lowest BCUT2D eigenvalue weighted by molar-refractivity contribution is -0.143. The number of methoxy groups -OCH3 is 1. The molecular weight excluding hydrogens is 209 g/mol. The predicted molar refractivity (Wildman–Crippen MR) is 57.2 cm³/mol. The molecule has 0 saturated heterocycles. The minimum Gasteiger partial charge on any atom is -0.538 e. The summed E-state index contributed by atoms with van der Waals surface area (Å²) in [5.74, 6) is 0.214. The first-order valence-electron chi connectivity index (χ1n) is 5.00. The number of rotatable bonds is 4. The Labute approximate surface area is 93.7 Å². The van der Waals surface area contributed by atoms with Crippen LogP contribution in [0.3, 0.4) is 0 Å². The molecule has 1 aliphatic carbocycles. The summed E-state index contributed by atoms with van der Waals surface area (Å²) >= 11 is 0. The maximum Gasteiger partial charge on any atom is 0.504 e. The summed E-state index contributed by atoms with van der Waals surface area (Å²) in [6.45, 7) is 0. The monoisotopic (exact) mass is 221 g/mol. The van der Waals surface area contributed by atoms with E-state index in [0.717, 1.165) is 18.4 Å². The fraction of sp³-hybridized carbons (Fsp3) is 0.400. The van der Waals surface area contributed by atoms with Crippen LogP contribution in [0, 0.1) is 0 Å². The molecule has 84 valence electrons. The van der Waals surface area contributed by atoms with Gasteiger partial charge >= 0.3 is 13.7 Å². The number of aromatic nitrogens is 1. The number of pyridine rings is 1. The highest BCUT2D eigenvalue weighted by Crippen LogP contribution is 2.49.